The van der Waals surface area contributed by atoms with Crippen molar-refractivity contribution in [2.75, 3.05) is 7.11 Å². The van der Waals surface area contributed by atoms with Gasteiger partial charge in [-0.3, -0.25) is 9.48 Å². The second kappa shape index (κ2) is 7.07. The Hall–Kier alpha value is -2.30. The maximum Gasteiger partial charge on any atom is 0.303 e. The van der Waals surface area contributed by atoms with Gasteiger partial charge in [0, 0.05) is 11.3 Å². The highest BCUT2D eigenvalue weighted by molar-refractivity contribution is 5.68. The van der Waals surface area contributed by atoms with E-state index in [9.17, 15) is 9.90 Å². The Morgan fingerprint density at radius 1 is 1.38 bits per heavy atom. The zero-order valence-corrected chi connectivity index (χ0v) is 14.3. The average Bonchev–Trinajstić information content (AvgIpc) is 2.94. The Morgan fingerprint density at radius 3 is 2.75 bits per heavy atom. The Bertz CT molecular complexity index is 719. The van der Waals surface area contributed by atoms with Crippen molar-refractivity contribution in [3.8, 4) is 5.75 Å². The first-order chi connectivity index (χ1) is 11.6. The normalized spacial score (nSPS) is 16.7. The van der Waals surface area contributed by atoms with Crippen LogP contribution in [0.5, 0.6) is 5.75 Å². The number of carboxylic acid groups (broad SMARTS) is 1. The van der Waals surface area contributed by atoms with Gasteiger partial charge < -0.3 is 9.84 Å². The summed E-state index contributed by atoms with van der Waals surface area (Å²) in [6.07, 6.45) is 4.00. The van der Waals surface area contributed by atoms with E-state index in [0.29, 0.717) is 6.54 Å². The zero-order chi connectivity index (χ0) is 17.1. The summed E-state index contributed by atoms with van der Waals surface area (Å²) in [6.45, 7) is 2.80. The highest BCUT2D eigenvalue weighted by Crippen LogP contribution is 2.37. The first-order valence-electron chi connectivity index (χ1n) is 8.55. The van der Waals surface area contributed by atoms with Gasteiger partial charge in [0.25, 0.3) is 0 Å². The quantitative estimate of drug-likeness (QED) is 0.883. The predicted molar refractivity (Wildman–Crippen MR) is 91.6 cm³/mol. The fourth-order valence-corrected chi connectivity index (χ4v) is 3.67. The molecule has 5 heteroatoms. The third kappa shape index (κ3) is 3.30. The molecule has 2 aromatic rings. The molecule has 0 amide bonds. The van der Waals surface area contributed by atoms with E-state index in [-0.39, 0.29) is 12.3 Å². The third-order valence-corrected chi connectivity index (χ3v) is 4.80. The number of fused-ring (bicyclic) bond motifs is 1. The molecule has 0 radical (unpaired) electrons. The van der Waals surface area contributed by atoms with Gasteiger partial charge in [0.2, 0.25) is 0 Å². The number of aryl methyl sites for hydroxylation is 1. The van der Waals surface area contributed by atoms with Gasteiger partial charge in [-0.05, 0) is 49.3 Å². The summed E-state index contributed by atoms with van der Waals surface area (Å²) in [6, 6.07) is 8.02. The smallest absolute Gasteiger partial charge is 0.303 e. The molecular formula is C19H24N2O3. The summed E-state index contributed by atoms with van der Waals surface area (Å²) < 4.78 is 7.28. The molecule has 0 saturated heterocycles. The van der Waals surface area contributed by atoms with Crippen molar-refractivity contribution in [2.45, 2.75) is 51.5 Å². The Labute approximate surface area is 142 Å². The molecule has 1 aliphatic carbocycles. The number of carbonyl (C=O) groups is 1. The third-order valence-electron chi connectivity index (χ3n) is 4.80. The van der Waals surface area contributed by atoms with E-state index in [1.54, 1.807) is 7.11 Å². The van der Waals surface area contributed by atoms with Crippen LogP contribution in [0, 0.1) is 0 Å². The lowest BCUT2D eigenvalue weighted by molar-refractivity contribution is -0.137. The zero-order valence-electron chi connectivity index (χ0n) is 14.3. The van der Waals surface area contributed by atoms with Crippen LogP contribution < -0.4 is 4.74 Å². The maximum absolute atomic E-state index is 11.2. The van der Waals surface area contributed by atoms with Gasteiger partial charge in [-0.1, -0.05) is 19.1 Å². The van der Waals surface area contributed by atoms with Crippen molar-refractivity contribution in [3.05, 3.63) is 46.8 Å². The van der Waals surface area contributed by atoms with Crippen LogP contribution in [0.25, 0.3) is 0 Å². The number of aromatic nitrogens is 2. The van der Waals surface area contributed by atoms with Gasteiger partial charge in [-0.15, -0.1) is 0 Å². The van der Waals surface area contributed by atoms with Gasteiger partial charge in [-0.2, -0.15) is 5.10 Å². The molecule has 1 aromatic carbocycles. The van der Waals surface area contributed by atoms with Crippen LogP contribution in [0.4, 0.5) is 0 Å². The highest BCUT2D eigenvalue weighted by Gasteiger charge is 2.29. The number of nitrogens with zero attached hydrogens (tertiary/aromatic N) is 2. The molecule has 0 aliphatic heterocycles. The SMILES string of the molecule is CCc1nn(Cc2ccc(OC)cc2)c2c1C(CC(=O)O)CCC2. The fourth-order valence-electron chi connectivity index (χ4n) is 3.67. The van der Waals surface area contributed by atoms with Gasteiger partial charge in [0.15, 0.2) is 0 Å². The van der Waals surface area contributed by atoms with Crippen LogP contribution in [-0.2, 0) is 24.2 Å². The molecule has 0 fully saturated rings. The van der Waals surface area contributed by atoms with Crippen LogP contribution in [0.2, 0.25) is 0 Å². The van der Waals surface area contributed by atoms with E-state index in [0.717, 1.165) is 37.1 Å². The number of hydrogen-bond acceptors (Lipinski definition) is 3. The molecular weight excluding hydrogens is 304 g/mol. The first-order valence-corrected chi connectivity index (χ1v) is 8.55. The van der Waals surface area contributed by atoms with Crippen molar-refractivity contribution < 1.29 is 14.6 Å². The minimum Gasteiger partial charge on any atom is -0.497 e. The lowest BCUT2D eigenvalue weighted by Crippen LogP contribution is -2.16. The second-order valence-corrected chi connectivity index (χ2v) is 6.35. The summed E-state index contributed by atoms with van der Waals surface area (Å²) >= 11 is 0. The van der Waals surface area contributed by atoms with E-state index in [4.69, 9.17) is 9.84 Å². The number of ether oxygens (including phenoxy) is 1. The molecule has 128 valence electrons. The Kier molecular flexibility index (Phi) is 4.88. The topological polar surface area (TPSA) is 64.4 Å². The molecule has 1 heterocycles. The highest BCUT2D eigenvalue weighted by atomic mass is 16.5. The molecule has 1 aliphatic rings. The Balaban J connectivity index is 1.91. The van der Waals surface area contributed by atoms with Gasteiger partial charge >= 0.3 is 5.97 Å². The van der Waals surface area contributed by atoms with E-state index in [2.05, 4.69) is 23.7 Å². The van der Waals surface area contributed by atoms with Crippen molar-refractivity contribution in [1.82, 2.24) is 9.78 Å². The van der Waals surface area contributed by atoms with E-state index >= 15 is 0 Å². The number of hydrogen-bond donors (Lipinski definition) is 1. The van der Waals surface area contributed by atoms with Crippen LogP contribution in [-0.4, -0.2) is 28.0 Å². The molecule has 1 atom stereocenters. The lowest BCUT2D eigenvalue weighted by atomic mass is 9.82. The summed E-state index contributed by atoms with van der Waals surface area (Å²) in [7, 11) is 1.66. The van der Waals surface area contributed by atoms with E-state index in [1.165, 1.54) is 16.8 Å². The average molecular weight is 328 g/mol. The van der Waals surface area contributed by atoms with Crippen LogP contribution in [0.15, 0.2) is 24.3 Å². The number of carboxylic acids is 1. The van der Waals surface area contributed by atoms with Gasteiger partial charge in [0.05, 0.1) is 25.8 Å². The molecule has 1 aromatic heterocycles. The van der Waals surface area contributed by atoms with Crippen LogP contribution >= 0.6 is 0 Å². The van der Waals surface area contributed by atoms with Crippen molar-refractivity contribution in [2.24, 2.45) is 0 Å². The van der Waals surface area contributed by atoms with Crippen molar-refractivity contribution in [3.63, 3.8) is 0 Å². The second-order valence-electron chi connectivity index (χ2n) is 6.35. The van der Waals surface area contributed by atoms with E-state index < -0.39 is 5.97 Å². The summed E-state index contributed by atoms with van der Waals surface area (Å²) in [4.78, 5) is 11.2. The predicted octanol–water partition coefficient (Wildman–Crippen LogP) is 3.40. The molecule has 1 N–H and O–H groups in total. The molecule has 0 saturated carbocycles. The minimum absolute atomic E-state index is 0.103. The molecule has 24 heavy (non-hydrogen) atoms. The van der Waals surface area contributed by atoms with Crippen LogP contribution in [0.3, 0.4) is 0 Å². The lowest BCUT2D eigenvalue weighted by Gasteiger charge is -2.23. The molecule has 0 bridgehead atoms. The van der Waals surface area contributed by atoms with Crippen molar-refractivity contribution >= 4 is 5.97 Å². The van der Waals surface area contributed by atoms with Gasteiger partial charge in [0.1, 0.15) is 5.75 Å². The number of methoxy groups -OCH3 is 1. The minimum atomic E-state index is -0.724. The molecule has 1 unspecified atom stereocenters. The van der Waals surface area contributed by atoms with Gasteiger partial charge in [-0.25, -0.2) is 0 Å². The van der Waals surface area contributed by atoms with Crippen LogP contribution in [0.1, 0.15) is 54.6 Å². The standard InChI is InChI=1S/C19H24N2O3/c1-3-16-19-14(11-18(22)23)5-4-6-17(19)21(20-16)12-13-7-9-15(24-2)10-8-13/h7-10,14H,3-6,11-12H2,1-2H3,(H,22,23). The first kappa shape index (κ1) is 16.6. The van der Waals surface area contributed by atoms with Crippen molar-refractivity contribution in [1.29, 1.82) is 0 Å². The molecule has 3 rings (SSSR count). The monoisotopic (exact) mass is 328 g/mol. The summed E-state index contributed by atoms with van der Waals surface area (Å²) in [5.41, 5.74) is 4.65. The maximum atomic E-state index is 11.2. The number of benzene rings is 1. The molecule has 5 nitrogen and oxygen atoms in total. The number of rotatable bonds is 6. The molecule has 0 spiro atoms. The summed E-state index contributed by atoms with van der Waals surface area (Å²) in [5.74, 6) is 0.223. The fraction of sp³-hybridized carbons (Fsp3) is 0.474. The Morgan fingerprint density at radius 2 is 2.12 bits per heavy atom. The largest absolute Gasteiger partial charge is 0.497 e. The van der Waals surface area contributed by atoms with E-state index in [1.807, 2.05) is 12.1 Å². The summed E-state index contributed by atoms with van der Waals surface area (Å²) in [5, 5.41) is 14.0. The number of aliphatic carboxylic acids is 1.